The average Bonchev–Trinajstić information content (AvgIpc) is 3.13. The molecule has 1 fully saturated rings. The second-order valence-corrected chi connectivity index (χ2v) is 7.97. The summed E-state index contributed by atoms with van der Waals surface area (Å²) in [6.45, 7) is 5.31. The Morgan fingerprint density at radius 3 is 2.62 bits per heavy atom. The van der Waals surface area contributed by atoms with Crippen LogP contribution in [0.3, 0.4) is 0 Å². The Hall–Kier alpha value is -2.05. The molecule has 0 unspecified atom stereocenters. The number of carbonyl (C=O) groups is 2. The Kier molecular flexibility index (Phi) is 4.75. The highest BCUT2D eigenvalue weighted by Gasteiger charge is 2.68. The van der Waals surface area contributed by atoms with Crippen molar-refractivity contribution in [2.24, 2.45) is 10.4 Å². The molecule has 1 saturated carbocycles. The van der Waals surface area contributed by atoms with E-state index in [4.69, 9.17) is 27.9 Å². The van der Waals surface area contributed by atoms with Gasteiger partial charge in [0, 0.05) is 5.70 Å². The minimum atomic E-state index is -1.12. The van der Waals surface area contributed by atoms with Gasteiger partial charge in [-0.05, 0) is 39.3 Å². The van der Waals surface area contributed by atoms with Gasteiger partial charge in [0.2, 0.25) is 5.91 Å². The standard InChI is InChI=1S/C18H19Cl2N3O3/c1-4-26-15(24)13-10(2)21-11-7-5-6-8-12(11)22-14(13)23-16(25)17(3)9-18(17,19)20/h5-8,21H,4,9H2,1-3H3,(H,22,23,25)/t17-/m0/s1. The van der Waals surface area contributed by atoms with E-state index in [2.05, 4.69) is 15.6 Å². The summed E-state index contributed by atoms with van der Waals surface area (Å²) >= 11 is 12.2. The van der Waals surface area contributed by atoms with E-state index < -0.39 is 21.6 Å². The van der Waals surface area contributed by atoms with E-state index >= 15 is 0 Å². The third-order valence-corrected chi connectivity index (χ3v) is 5.64. The number of ether oxygens (including phenoxy) is 1. The smallest absolute Gasteiger partial charge is 0.343 e. The van der Waals surface area contributed by atoms with Crippen LogP contribution in [0.5, 0.6) is 0 Å². The number of para-hydroxylation sites is 2. The summed E-state index contributed by atoms with van der Waals surface area (Å²) in [5, 5.41) is 5.87. The van der Waals surface area contributed by atoms with Crippen LogP contribution in [-0.2, 0) is 14.3 Å². The van der Waals surface area contributed by atoms with E-state index in [1.54, 1.807) is 26.8 Å². The molecule has 1 aliphatic carbocycles. The molecule has 2 N–H and O–H groups in total. The zero-order chi connectivity index (χ0) is 19.1. The van der Waals surface area contributed by atoms with E-state index in [1.165, 1.54) is 0 Å². The van der Waals surface area contributed by atoms with Crippen LogP contribution in [0.1, 0.15) is 27.2 Å². The van der Waals surface area contributed by atoms with Crippen LogP contribution in [0, 0.1) is 5.41 Å². The summed E-state index contributed by atoms with van der Waals surface area (Å²) in [6, 6.07) is 7.28. The zero-order valence-electron chi connectivity index (χ0n) is 14.7. The van der Waals surface area contributed by atoms with Gasteiger partial charge >= 0.3 is 5.97 Å². The Balaban J connectivity index is 2.02. The van der Waals surface area contributed by atoms with Gasteiger partial charge in [0.25, 0.3) is 0 Å². The first-order valence-corrected chi connectivity index (χ1v) is 8.97. The third-order valence-electron chi connectivity index (χ3n) is 4.54. The van der Waals surface area contributed by atoms with Gasteiger partial charge in [-0.2, -0.15) is 0 Å². The highest BCUT2D eigenvalue weighted by atomic mass is 35.5. The molecular weight excluding hydrogens is 377 g/mol. The van der Waals surface area contributed by atoms with Crippen LogP contribution < -0.4 is 10.6 Å². The highest BCUT2D eigenvalue weighted by molar-refractivity contribution is 6.53. The summed E-state index contributed by atoms with van der Waals surface area (Å²) in [5.41, 5.74) is 1.06. The van der Waals surface area contributed by atoms with Crippen LogP contribution in [0.2, 0.25) is 0 Å². The van der Waals surface area contributed by atoms with Crippen molar-refractivity contribution in [2.45, 2.75) is 31.5 Å². The SMILES string of the molecule is CCOC(=O)C1=C(C)Nc2ccccc2N=C1NC(=O)[C@]1(C)CC1(Cl)Cl. The van der Waals surface area contributed by atoms with Crippen LogP contribution >= 0.6 is 23.2 Å². The number of fused-ring (bicyclic) bond motifs is 1. The highest BCUT2D eigenvalue weighted by Crippen LogP contribution is 2.63. The van der Waals surface area contributed by atoms with E-state index in [0.717, 1.165) is 5.69 Å². The van der Waals surface area contributed by atoms with Crippen molar-refractivity contribution in [3.05, 3.63) is 35.5 Å². The lowest BCUT2D eigenvalue weighted by atomic mass is 10.1. The first-order chi connectivity index (χ1) is 12.2. The van der Waals surface area contributed by atoms with Gasteiger partial charge in [0.1, 0.15) is 15.7 Å². The van der Waals surface area contributed by atoms with Crippen molar-refractivity contribution in [3.8, 4) is 0 Å². The fourth-order valence-electron chi connectivity index (χ4n) is 2.73. The van der Waals surface area contributed by atoms with Gasteiger partial charge in [-0.15, -0.1) is 23.2 Å². The molecule has 1 atom stereocenters. The number of benzene rings is 1. The monoisotopic (exact) mass is 395 g/mol. The molecular formula is C18H19Cl2N3O3. The Morgan fingerprint density at radius 2 is 2.00 bits per heavy atom. The zero-order valence-corrected chi connectivity index (χ0v) is 16.2. The largest absolute Gasteiger partial charge is 0.462 e. The number of amides is 1. The van der Waals surface area contributed by atoms with Crippen LogP contribution in [0.4, 0.5) is 11.4 Å². The molecule has 0 saturated heterocycles. The Labute approximate surface area is 161 Å². The van der Waals surface area contributed by atoms with Gasteiger partial charge in [-0.25, -0.2) is 9.79 Å². The molecule has 138 valence electrons. The lowest BCUT2D eigenvalue weighted by Crippen LogP contribution is -2.40. The second-order valence-electron chi connectivity index (χ2n) is 6.49. The molecule has 0 aromatic heterocycles. The molecule has 0 radical (unpaired) electrons. The van der Waals surface area contributed by atoms with Gasteiger partial charge in [0.05, 0.1) is 23.4 Å². The van der Waals surface area contributed by atoms with Crippen LogP contribution in [0.25, 0.3) is 0 Å². The number of nitrogens with one attached hydrogen (secondary N) is 2. The number of halogens is 2. The number of amidine groups is 1. The lowest BCUT2D eigenvalue weighted by Gasteiger charge is -2.16. The van der Waals surface area contributed by atoms with Crippen molar-refractivity contribution >= 4 is 52.3 Å². The minimum absolute atomic E-state index is 0.112. The number of anilines is 1. The first-order valence-electron chi connectivity index (χ1n) is 8.22. The maximum absolute atomic E-state index is 12.7. The molecule has 0 spiro atoms. The Bertz CT molecular complexity index is 848. The molecule has 26 heavy (non-hydrogen) atoms. The van der Waals surface area contributed by atoms with E-state index in [1.807, 2.05) is 18.2 Å². The number of alkyl halides is 2. The van der Waals surface area contributed by atoms with Crippen molar-refractivity contribution < 1.29 is 14.3 Å². The summed E-state index contributed by atoms with van der Waals surface area (Å²) < 4.78 is 4.02. The first kappa shape index (κ1) is 18.7. The van der Waals surface area contributed by atoms with E-state index in [-0.39, 0.29) is 18.0 Å². The molecule has 6 nitrogen and oxygen atoms in total. The van der Waals surface area contributed by atoms with Gasteiger partial charge in [0.15, 0.2) is 0 Å². The van der Waals surface area contributed by atoms with E-state index in [9.17, 15) is 9.59 Å². The molecule has 1 aromatic carbocycles. The molecule has 2 aliphatic rings. The van der Waals surface area contributed by atoms with Crippen LogP contribution in [-0.4, -0.2) is 28.7 Å². The number of rotatable bonds is 3. The van der Waals surface area contributed by atoms with Crippen molar-refractivity contribution in [3.63, 3.8) is 0 Å². The maximum atomic E-state index is 12.7. The maximum Gasteiger partial charge on any atom is 0.343 e. The predicted molar refractivity (Wildman–Crippen MR) is 102 cm³/mol. The fraction of sp³-hybridized carbons (Fsp3) is 0.389. The van der Waals surface area contributed by atoms with E-state index in [0.29, 0.717) is 17.8 Å². The fourth-order valence-corrected chi connectivity index (χ4v) is 3.44. The Morgan fingerprint density at radius 1 is 1.35 bits per heavy atom. The molecule has 3 rings (SSSR count). The summed E-state index contributed by atoms with van der Waals surface area (Å²) in [5.74, 6) is -0.857. The topological polar surface area (TPSA) is 79.8 Å². The molecule has 1 amide bonds. The molecule has 0 bridgehead atoms. The van der Waals surface area contributed by atoms with Crippen molar-refractivity contribution in [1.29, 1.82) is 0 Å². The number of carbonyl (C=O) groups excluding carboxylic acids is 2. The van der Waals surface area contributed by atoms with Gasteiger partial charge in [-0.3, -0.25) is 4.79 Å². The van der Waals surface area contributed by atoms with Gasteiger partial charge in [-0.1, -0.05) is 12.1 Å². The molecule has 1 heterocycles. The van der Waals surface area contributed by atoms with Crippen LogP contribution in [0.15, 0.2) is 40.5 Å². The quantitative estimate of drug-likeness (QED) is 0.604. The number of hydrogen-bond acceptors (Lipinski definition) is 5. The second kappa shape index (κ2) is 6.59. The summed E-state index contributed by atoms with van der Waals surface area (Å²) in [7, 11) is 0. The normalized spacial score (nSPS) is 23.2. The number of allylic oxidation sites excluding steroid dienone is 1. The third kappa shape index (κ3) is 3.19. The molecule has 8 heteroatoms. The lowest BCUT2D eigenvalue weighted by molar-refractivity contribution is -0.137. The molecule has 1 aromatic rings. The number of aliphatic imine (C=N–C) groups is 1. The number of nitrogens with zero attached hydrogens (tertiary/aromatic N) is 1. The average molecular weight is 396 g/mol. The summed E-state index contributed by atoms with van der Waals surface area (Å²) in [4.78, 5) is 29.7. The number of esters is 1. The van der Waals surface area contributed by atoms with Gasteiger partial charge < -0.3 is 15.4 Å². The van der Waals surface area contributed by atoms with Crippen molar-refractivity contribution in [1.82, 2.24) is 5.32 Å². The predicted octanol–water partition coefficient (Wildman–Crippen LogP) is 3.68. The minimum Gasteiger partial charge on any atom is -0.462 e. The molecule has 1 aliphatic heterocycles. The summed E-state index contributed by atoms with van der Waals surface area (Å²) in [6.07, 6.45) is 0.328. The number of hydrogen-bond donors (Lipinski definition) is 2. The van der Waals surface area contributed by atoms with Crippen molar-refractivity contribution in [2.75, 3.05) is 11.9 Å².